The number of thiazole rings is 1. The maximum absolute atomic E-state index is 12.9. The lowest BCUT2D eigenvalue weighted by molar-refractivity contribution is -0.112. The maximum atomic E-state index is 12.9. The Morgan fingerprint density at radius 1 is 1.00 bits per heavy atom. The fraction of sp³-hybridized carbons (Fsp3) is 0. The van der Waals surface area contributed by atoms with Crippen LogP contribution >= 0.6 is 11.3 Å². The lowest BCUT2D eigenvalue weighted by Gasteiger charge is -2.10. The molecule has 0 saturated heterocycles. The average Bonchev–Trinajstić information content (AvgIpc) is 3.29. The van der Waals surface area contributed by atoms with Crippen LogP contribution in [0.4, 0.5) is 10.8 Å². The molecule has 122 valence electrons. The van der Waals surface area contributed by atoms with Gasteiger partial charge in [0.05, 0.1) is 5.69 Å². The molecule has 6 nitrogen and oxygen atoms in total. The van der Waals surface area contributed by atoms with Crippen molar-refractivity contribution in [1.29, 1.82) is 0 Å². The van der Waals surface area contributed by atoms with Crippen LogP contribution in [0.2, 0.25) is 0 Å². The Labute approximate surface area is 148 Å². The second-order valence-corrected chi connectivity index (χ2v) is 6.07. The van der Waals surface area contributed by atoms with Gasteiger partial charge < -0.3 is 0 Å². The van der Waals surface area contributed by atoms with E-state index >= 15 is 0 Å². The van der Waals surface area contributed by atoms with Gasteiger partial charge in [0.15, 0.2) is 5.71 Å². The maximum Gasteiger partial charge on any atom is 0.301 e. The quantitative estimate of drug-likeness (QED) is 0.736. The molecule has 2 heterocycles. The zero-order valence-electron chi connectivity index (χ0n) is 13.0. The fourth-order valence-corrected chi connectivity index (χ4v) is 2.88. The normalized spacial score (nSPS) is 15.5. The molecule has 0 unspecified atom stereocenters. The van der Waals surface area contributed by atoms with Crippen LogP contribution in [-0.2, 0) is 4.79 Å². The molecule has 3 aromatic rings. The zero-order valence-corrected chi connectivity index (χ0v) is 13.9. The van der Waals surface area contributed by atoms with Crippen LogP contribution in [0.15, 0.2) is 82.4 Å². The van der Waals surface area contributed by atoms with Gasteiger partial charge in [-0.05, 0) is 12.1 Å². The number of benzene rings is 2. The lowest BCUT2D eigenvalue weighted by Crippen LogP contribution is -2.28. The first-order chi connectivity index (χ1) is 12.3. The van der Waals surface area contributed by atoms with E-state index in [0.29, 0.717) is 16.5 Å². The van der Waals surface area contributed by atoms with Crippen LogP contribution in [0, 0.1) is 0 Å². The van der Waals surface area contributed by atoms with Crippen molar-refractivity contribution in [2.45, 2.75) is 0 Å². The minimum absolute atomic E-state index is 0.255. The Bertz CT molecular complexity index is 936. The van der Waals surface area contributed by atoms with Crippen molar-refractivity contribution < 1.29 is 4.79 Å². The molecule has 0 bridgehead atoms. The van der Waals surface area contributed by atoms with Gasteiger partial charge in [-0.2, -0.15) is 15.2 Å². The molecule has 0 atom stereocenters. The van der Waals surface area contributed by atoms with Gasteiger partial charge in [-0.25, -0.2) is 4.98 Å². The van der Waals surface area contributed by atoms with Gasteiger partial charge in [0.25, 0.3) is 0 Å². The molecule has 1 aromatic heterocycles. The first-order valence-electron chi connectivity index (χ1n) is 7.60. The molecule has 1 amide bonds. The Morgan fingerprint density at radius 2 is 1.72 bits per heavy atom. The van der Waals surface area contributed by atoms with Crippen molar-refractivity contribution in [1.82, 2.24) is 4.98 Å². The minimum atomic E-state index is -0.283. The summed E-state index contributed by atoms with van der Waals surface area (Å²) in [5.41, 5.74) is 5.14. The molecule has 4 rings (SSSR count). The van der Waals surface area contributed by atoms with Gasteiger partial charge in [0.2, 0.25) is 5.13 Å². The topological polar surface area (TPSA) is 70.0 Å². The first-order valence-corrected chi connectivity index (χ1v) is 8.48. The van der Waals surface area contributed by atoms with Crippen molar-refractivity contribution >= 4 is 39.5 Å². The summed E-state index contributed by atoms with van der Waals surface area (Å²) >= 11 is 1.41. The molecule has 0 aliphatic carbocycles. The van der Waals surface area contributed by atoms with Crippen molar-refractivity contribution in [2.75, 3.05) is 10.4 Å². The number of carbonyl (C=O) groups is 1. The number of hydrazone groups is 2. The van der Waals surface area contributed by atoms with E-state index in [0.717, 1.165) is 5.56 Å². The van der Waals surface area contributed by atoms with Gasteiger partial charge >= 0.3 is 5.91 Å². The van der Waals surface area contributed by atoms with E-state index in [1.54, 1.807) is 6.20 Å². The second kappa shape index (κ2) is 6.66. The van der Waals surface area contributed by atoms with E-state index in [1.807, 2.05) is 66.0 Å². The molecule has 1 aliphatic heterocycles. The predicted octanol–water partition coefficient (Wildman–Crippen LogP) is 3.36. The molecule has 0 radical (unpaired) electrons. The highest BCUT2D eigenvalue weighted by Gasteiger charge is 2.34. The van der Waals surface area contributed by atoms with Crippen LogP contribution in [0.3, 0.4) is 0 Å². The smallest absolute Gasteiger partial charge is 0.265 e. The summed E-state index contributed by atoms with van der Waals surface area (Å²) in [5.74, 6) is -0.283. The van der Waals surface area contributed by atoms with Crippen LogP contribution < -0.4 is 10.4 Å². The van der Waals surface area contributed by atoms with Gasteiger partial charge in [-0.1, -0.05) is 48.5 Å². The number of nitrogens with one attached hydrogen (secondary N) is 1. The van der Waals surface area contributed by atoms with Crippen LogP contribution in [0.25, 0.3) is 0 Å². The molecule has 0 spiro atoms. The molecular formula is C18H13N5OS. The SMILES string of the molecule is O=C1C(=NNc2nccs2)C(c2ccccc2)=NN1c1ccccc1. The van der Waals surface area contributed by atoms with Crippen molar-refractivity contribution in [2.24, 2.45) is 10.2 Å². The second-order valence-electron chi connectivity index (χ2n) is 5.18. The van der Waals surface area contributed by atoms with E-state index in [9.17, 15) is 4.79 Å². The van der Waals surface area contributed by atoms with E-state index in [-0.39, 0.29) is 11.6 Å². The first kappa shape index (κ1) is 15.2. The van der Waals surface area contributed by atoms with Crippen LogP contribution in [0.1, 0.15) is 5.56 Å². The number of nitrogens with zero attached hydrogens (tertiary/aromatic N) is 4. The molecule has 7 heteroatoms. The summed E-state index contributed by atoms with van der Waals surface area (Å²) in [7, 11) is 0. The molecule has 25 heavy (non-hydrogen) atoms. The highest BCUT2D eigenvalue weighted by atomic mass is 32.1. The highest BCUT2D eigenvalue weighted by molar-refractivity contribution is 7.13. The number of hydrogen-bond donors (Lipinski definition) is 1. The van der Waals surface area contributed by atoms with Gasteiger partial charge in [0.1, 0.15) is 5.71 Å². The summed E-state index contributed by atoms with van der Waals surface area (Å²) in [6.45, 7) is 0. The number of rotatable bonds is 4. The van der Waals surface area contributed by atoms with Gasteiger partial charge in [-0.15, -0.1) is 11.3 Å². The summed E-state index contributed by atoms with van der Waals surface area (Å²) in [6, 6.07) is 18.8. The highest BCUT2D eigenvalue weighted by Crippen LogP contribution is 2.22. The summed E-state index contributed by atoms with van der Waals surface area (Å²) in [6.07, 6.45) is 1.67. The fourth-order valence-electron chi connectivity index (χ4n) is 2.41. The molecule has 0 saturated carbocycles. The third-order valence-electron chi connectivity index (χ3n) is 3.56. The van der Waals surface area contributed by atoms with Crippen molar-refractivity contribution in [3.8, 4) is 0 Å². The van der Waals surface area contributed by atoms with Gasteiger partial charge in [-0.3, -0.25) is 10.2 Å². The van der Waals surface area contributed by atoms with Crippen molar-refractivity contribution in [3.05, 3.63) is 77.8 Å². The van der Waals surface area contributed by atoms with Gasteiger partial charge in [0, 0.05) is 17.1 Å². The van der Waals surface area contributed by atoms with Crippen molar-refractivity contribution in [3.63, 3.8) is 0 Å². The molecule has 1 N–H and O–H groups in total. The number of anilines is 2. The van der Waals surface area contributed by atoms with E-state index in [1.165, 1.54) is 16.3 Å². The summed E-state index contributed by atoms with van der Waals surface area (Å²) < 4.78 is 0. The van der Waals surface area contributed by atoms with Crippen LogP contribution in [0.5, 0.6) is 0 Å². The minimum Gasteiger partial charge on any atom is -0.265 e. The molecular weight excluding hydrogens is 334 g/mol. The zero-order chi connectivity index (χ0) is 17.1. The Balaban J connectivity index is 1.74. The third kappa shape index (κ3) is 3.05. The standard InChI is InChI=1S/C18H13N5OS/c24-17-16(20-21-18-19-11-12-25-18)15(13-7-3-1-4-8-13)22-23(17)14-9-5-2-6-10-14/h1-12H,(H,19,21). The monoisotopic (exact) mass is 347 g/mol. The van der Waals surface area contributed by atoms with E-state index in [4.69, 9.17) is 0 Å². The Hall–Kier alpha value is -3.32. The van der Waals surface area contributed by atoms with E-state index < -0.39 is 0 Å². The number of carbonyl (C=O) groups excluding carboxylic acids is 1. The number of hydrogen-bond acceptors (Lipinski definition) is 6. The van der Waals surface area contributed by atoms with Crippen LogP contribution in [-0.4, -0.2) is 22.3 Å². The third-order valence-corrected chi connectivity index (χ3v) is 4.24. The largest absolute Gasteiger partial charge is 0.301 e. The lowest BCUT2D eigenvalue weighted by atomic mass is 10.1. The molecule has 0 fully saturated rings. The average molecular weight is 347 g/mol. The molecule has 2 aromatic carbocycles. The summed E-state index contributed by atoms with van der Waals surface area (Å²) in [5, 5.41) is 12.6. The Morgan fingerprint density at radius 3 is 2.40 bits per heavy atom. The summed E-state index contributed by atoms with van der Waals surface area (Å²) in [4.78, 5) is 17.0. The number of para-hydroxylation sites is 1. The van der Waals surface area contributed by atoms with E-state index in [2.05, 4.69) is 20.6 Å². The number of aromatic nitrogens is 1. The predicted molar refractivity (Wildman–Crippen MR) is 100 cm³/mol. The number of amides is 1. The Kier molecular flexibility index (Phi) is 4.05. The molecule has 1 aliphatic rings.